The Morgan fingerprint density at radius 3 is 2.42 bits per heavy atom. The van der Waals surface area contributed by atoms with Crippen molar-refractivity contribution in [2.45, 2.75) is 64.5 Å². The molecule has 1 aromatic carbocycles. The Kier molecular flexibility index (Phi) is 7.07. The number of halogens is 1. The predicted octanol–water partition coefficient (Wildman–Crippen LogP) is 3.44. The summed E-state index contributed by atoms with van der Waals surface area (Å²) in [6.07, 6.45) is 1.50. The fraction of sp³-hybridized carbons (Fsp3) is 0.667. The maximum absolute atomic E-state index is 14.2. The summed E-state index contributed by atoms with van der Waals surface area (Å²) < 4.78 is 5.13. The van der Waals surface area contributed by atoms with Gasteiger partial charge in [-0.1, -0.05) is 51.4 Å². The second kappa shape index (κ2) is 9.53. The maximum atomic E-state index is 14.2. The zero-order valence-corrected chi connectivity index (χ0v) is 22.3. The summed E-state index contributed by atoms with van der Waals surface area (Å²) in [7, 11) is 0. The summed E-state index contributed by atoms with van der Waals surface area (Å²) in [6, 6.07) is 7.21. The van der Waals surface area contributed by atoms with Gasteiger partial charge in [-0.05, 0) is 42.9 Å². The molecule has 0 aromatic heterocycles. The molecule has 0 bridgehead atoms. The molecule has 36 heavy (non-hydrogen) atoms. The van der Waals surface area contributed by atoms with Gasteiger partial charge < -0.3 is 25.8 Å². The number of alkyl carbamates (subject to hydrolysis) is 1. The molecule has 9 heteroatoms. The number of benzene rings is 1. The number of likely N-dealkylation sites (tertiary alicyclic amines) is 1. The second-order valence-electron chi connectivity index (χ2n) is 11.8. The summed E-state index contributed by atoms with van der Waals surface area (Å²) in [5.41, 5.74) is 4.15. The van der Waals surface area contributed by atoms with E-state index in [-0.39, 0.29) is 18.4 Å². The molecule has 2 saturated heterocycles. The van der Waals surface area contributed by atoms with Crippen molar-refractivity contribution in [1.29, 1.82) is 0 Å². The summed E-state index contributed by atoms with van der Waals surface area (Å²) in [4.78, 5) is 40.8. The zero-order valence-electron chi connectivity index (χ0n) is 21.6. The first-order valence-corrected chi connectivity index (χ1v) is 13.2. The molecule has 3 amide bonds. The van der Waals surface area contributed by atoms with Crippen LogP contribution in [0.5, 0.6) is 0 Å². The monoisotopic (exact) mass is 519 g/mol. The molecule has 2 heterocycles. The number of nitrogens with two attached hydrogens (primary N) is 1. The highest BCUT2D eigenvalue weighted by Gasteiger charge is 2.59. The second-order valence-corrected chi connectivity index (χ2v) is 12.2. The van der Waals surface area contributed by atoms with Gasteiger partial charge in [0.2, 0.25) is 11.8 Å². The number of ether oxygens (including phenoxy) is 1. The van der Waals surface area contributed by atoms with Gasteiger partial charge in [-0.3, -0.25) is 9.59 Å². The van der Waals surface area contributed by atoms with Crippen molar-refractivity contribution in [2.75, 3.05) is 19.7 Å². The highest BCUT2D eigenvalue weighted by atomic mass is 35.5. The Morgan fingerprint density at radius 2 is 1.86 bits per heavy atom. The molecule has 5 atom stereocenters. The largest absolute Gasteiger partial charge is 0.449 e. The van der Waals surface area contributed by atoms with E-state index in [2.05, 4.69) is 5.32 Å². The Bertz CT molecular complexity index is 1030. The van der Waals surface area contributed by atoms with Gasteiger partial charge in [-0.2, -0.15) is 0 Å². The molecule has 1 aliphatic carbocycles. The normalized spacial score (nSPS) is 32.8. The lowest BCUT2D eigenvalue weighted by molar-refractivity contribution is -0.161. The van der Waals surface area contributed by atoms with Crippen molar-refractivity contribution in [1.82, 2.24) is 10.2 Å². The van der Waals surface area contributed by atoms with E-state index >= 15 is 0 Å². The standard InChI is InChI=1S/C27H38ClN3O5/c1-16(2)20(21-19(22(29)32)9-10-26(21)12-14-36-24(34)30-26)23(33)31-13-11-27(35,25(3,4)15-31)17-5-7-18(28)8-6-17/h5-8,16,19-21,35H,9-15H2,1-4H3,(H2,29,32)(H,30,34)/t19?,20-,21?,26?,27+/m1/s1. The fourth-order valence-corrected chi connectivity index (χ4v) is 7.08. The average Bonchev–Trinajstić information content (AvgIpc) is 3.13. The number of nitrogens with one attached hydrogen (secondary N) is 1. The third-order valence-corrected chi connectivity index (χ3v) is 9.20. The smallest absolute Gasteiger partial charge is 0.407 e. The average molecular weight is 520 g/mol. The van der Waals surface area contributed by atoms with E-state index in [0.717, 1.165) is 5.56 Å². The van der Waals surface area contributed by atoms with Crippen LogP contribution in [0.1, 0.15) is 58.9 Å². The lowest BCUT2D eigenvalue weighted by Gasteiger charge is -2.52. The van der Waals surface area contributed by atoms with Gasteiger partial charge in [0.15, 0.2) is 0 Å². The Labute approximate surface area is 217 Å². The Balaban J connectivity index is 1.64. The quantitative estimate of drug-likeness (QED) is 0.550. The van der Waals surface area contributed by atoms with E-state index in [0.29, 0.717) is 43.8 Å². The third-order valence-electron chi connectivity index (χ3n) is 8.94. The first-order chi connectivity index (χ1) is 16.8. The molecule has 3 fully saturated rings. The van der Waals surface area contributed by atoms with Crippen LogP contribution < -0.4 is 11.1 Å². The number of carbonyl (C=O) groups excluding carboxylic acids is 3. The van der Waals surface area contributed by atoms with E-state index in [1.54, 1.807) is 12.1 Å². The lowest BCUT2D eigenvalue weighted by atomic mass is 9.65. The molecule has 0 radical (unpaired) electrons. The summed E-state index contributed by atoms with van der Waals surface area (Å²) in [5, 5.41) is 15.3. The third kappa shape index (κ3) is 4.47. The van der Waals surface area contributed by atoms with E-state index in [9.17, 15) is 19.5 Å². The van der Waals surface area contributed by atoms with Gasteiger partial charge in [0.1, 0.15) is 0 Å². The molecule has 1 aromatic rings. The molecular weight excluding hydrogens is 482 g/mol. The Morgan fingerprint density at radius 1 is 1.19 bits per heavy atom. The maximum Gasteiger partial charge on any atom is 0.407 e. The van der Waals surface area contributed by atoms with Crippen molar-refractivity contribution in [3.05, 3.63) is 34.9 Å². The van der Waals surface area contributed by atoms with Crippen molar-refractivity contribution in [2.24, 2.45) is 34.8 Å². The number of aliphatic hydroxyl groups is 1. The number of piperidine rings is 1. The van der Waals surface area contributed by atoms with Crippen LogP contribution in [0, 0.1) is 29.1 Å². The van der Waals surface area contributed by atoms with Crippen molar-refractivity contribution in [3.8, 4) is 0 Å². The van der Waals surface area contributed by atoms with E-state index in [1.165, 1.54) is 0 Å². The number of hydrogen-bond acceptors (Lipinski definition) is 5. The minimum atomic E-state index is -1.12. The van der Waals surface area contributed by atoms with Crippen molar-refractivity contribution < 1.29 is 24.2 Å². The van der Waals surface area contributed by atoms with Gasteiger partial charge >= 0.3 is 6.09 Å². The highest BCUT2D eigenvalue weighted by Crippen LogP contribution is 2.51. The number of nitrogens with zero attached hydrogens (tertiary/aromatic N) is 1. The molecule has 4 rings (SSSR count). The van der Waals surface area contributed by atoms with Crippen LogP contribution in [-0.2, 0) is 19.9 Å². The number of cyclic esters (lactones) is 1. The topological polar surface area (TPSA) is 122 Å². The first-order valence-electron chi connectivity index (χ1n) is 12.8. The van der Waals surface area contributed by atoms with Crippen LogP contribution >= 0.6 is 11.6 Å². The minimum Gasteiger partial charge on any atom is -0.449 e. The van der Waals surface area contributed by atoms with Crippen LogP contribution in [0.3, 0.4) is 0 Å². The molecule has 2 aliphatic heterocycles. The van der Waals surface area contributed by atoms with Crippen molar-refractivity contribution in [3.63, 3.8) is 0 Å². The van der Waals surface area contributed by atoms with Crippen LogP contribution in [-0.4, -0.2) is 53.1 Å². The SMILES string of the molecule is CC(C)[C@@H](C(=O)N1CC[C@](O)(c2ccc(Cl)cc2)C(C)(C)C1)C1C(C(N)=O)CCC12CCOC(=O)N2. The van der Waals surface area contributed by atoms with Gasteiger partial charge in [0, 0.05) is 47.7 Å². The highest BCUT2D eigenvalue weighted by molar-refractivity contribution is 6.30. The van der Waals surface area contributed by atoms with Gasteiger partial charge in [-0.15, -0.1) is 0 Å². The first kappa shape index (κ1) is 26.7. The summed E-state index contributed by atoms with van der Waals surface area (Å²) in [5.74, 6) is -2.03. The summed E-state index contributed by atoms with van der Waals surface area (Å²) >= 11 is 6.06. The molecular formula is C27H38ClN3O5. The molecule has 3 aliphatic rings. The van der Waals surface area contributed by atoms with Crippen LogP contribution in [0.2, 0.25) is 5.02 Å². The fourth-order valence-electron chi connectivity index (χ4n) is 6.96. The van der Waals surface area contributed by atoms with Gasteiger partial charge in [0.25, 0.3) is 0 Å². The van der Waals surface area contributed by atoms with Crippen molar-refractivity contribution >= 4 is 29.5 Å². The van der Waals surface area contributed by atoms with Crippen LogP contribution in [0.25, 0.3) is 0 Å². The predicted molar refractivity (Wildman–Crippen MR) is 136 cm³/mol. The molecule has 1 spiro atoms. The van der Waals surface area contributed by atoms with Crippen LogP contribution in [0.15, 0.2) is 24.3 Å². The number of carbonyl (C=O) groups is 3. The van der Waals surface area contributed by atoms with E-state index in [1.807, 2.05) is 44.7 Å². The molecule has 1 saturated carbocycles. The molecule has 4 N–H and O–H groups in total. The lowest BCUT2D eigenvalue weighted by Crippen LogP contribution is -2.63. The summed E-state index contributed by atoms with van der Waals surface area (Å²) in [6.45, 7) is 8.87. The molecule has 198 valence electrons. The minimum absolute atomic E-state index is 0.0607. The number of primary amides is 1. The Hall–Kier alpha value is -2.32. The van der Waals surface area contributed by atoms with Gasteiger partial charge in [0.05, 0.1) is 17.7 Å². The molecule has 8 nitrogen and oxygen atoms in total. The number of amides is 3. The van der Waals surface area contributed by atoms with E-state index in [4.69, 9.17) is 22.1 Å². The molecule has 3 unspecified atom stereocenters. The number of hydrogen-bond donors (Lipinski definition) is 3. The van der Waals surface area contributed by atoms with Gasteiger partial charge in [-0.25, -0.2) is 4.79 Å². The van der Waals surface area contributed by atoms with E-state index < -0.39 is 46.3 Å². The number of rotatable bonds is 5. The zero-order chi connectivity index (χ0) is 26.5. The van der Waals surface area contributed by atoms with Crippen LogP contribution in [0.4, 0.5) is 4.79 Å².